The van der Waals surface area contributed by atoms with E-state index in [0.29, 0.717) is 17.9 Å². The van der Waals surface area contributed by atoms with E-state index in [0.717, 1.165) is 64.2 Å². The Labute approximate surface area is 177 Å². The number of ether oxygens (including phenoxy) is 1. The molecule has 1 aromatic rings. The van der Waals surface area contributed by atoms with E-state index in [-0.39, 0.29) is 24.0 Å². The summed E-state index contributed by atoms with van der Waals surface area (Å²) in [6.45, 7) is 12.6. The van der Waals surface area contributed by atoms with Gasteiger partial charge in [-0.15, -0.1) is 35.3 Å². The van der Waals surface area contributed by atoms with Gasteiger partial charge in [0.1, 0.15) is 0 Å². The second-order valence-corrected chi connectivity index (χ2v) is 7.82. The van der Waals surface area contributed by atoms with Crippen molar-refractivity contribution in [2.45, 2.75) is 19.9 Å². The summed E-state index contributed by atoms with van der Waals surface area (Å²) in [5.41, 5.74) is 6.29. The molecule has 1 aromatic heterocycles. The highest BCUT2D eigenvalue weighted by Gasteiger charge is 2.24. The standard InChI is InChI=1S/C17H30N6OS.HI/c1-14(2)15(21-8-10-24-11-9-21)13-20-16(18)22-4-6-23(7-5-22)17-19-3-12-25-17;/h3,12,14-15H,4-11,13H2,1-2H3,(H2,18,20);1H. The molecular weight excluding hydrogens is 463 g/mol. The largest absolute Gasteiger partial charge is 0.379 e. The van der Waals surface area contributed by atoms with Crippen molar-refractivity contribution in [3.05, 3.63) is 11.6 Å². The number of halogens is 1. The minimum atomic E-state index is 0. The van der Waals surface area contributed by atoms with E-state index in [9.17, 15) is 0 Å². The van der Waals surface area contributed by atoms with E-state index in [1.807, 2.05) is 11.6 Å². The Morgan fingerprint density at radius 3 is 2.50 bits per heavy atom. The third-order valence-corrected chi connectivity index (χ3v) is 5.85. The molecule has 26 heavy (non-hydrogen) atoms. The van der Waals surface area contributed by atoms with E-state index < -0.39 is 0 Å². The van der Waals surface area contributed by atoms with Gasteiger partial charge in [-0.05, 0) is 5.92 Å². The normalized spacial score (nSPS) is 21.0. The molecule has 1 atom stereocenters. The van der Waals surface area contributed by atoms with Gasteiger partial charge in [-0.2, -0.15) is 0 Å². The second-order valence-electron chi connectivity index (χ2n) is 6.95. The maximum atomic E-state index is 6.29. The van der Waals surface area contributed by atoms with E-state index in [1.54, 1.807) is 11.3 Å². The summed E-state index contributed by atoms with van der Waals surface area (Å²) < 4.78 is 5.47. The number of nitrogens with zero attached hydrogens (tertiary/aromatic N) is 5. The second kappa shape index (κ2) is 10.6. The van der Waals surface area contributed by atoms with Gasteiger partial charge in [-0.3, -0.25) is 9.89 Å². The van der Waals surface area contributed by atoms with Crippen molar-refractivity contribution in [2.24, 2.45) is 16.6 Å². The Morgan fingerprint density at radius 2 is 1.92 bits per heavy atom. The molecule has 2 fully saturated rings. The number of hydrogen-bond acceptors (Lipinski definition) is 6. The fourth-order valence-corrected chi connectivity index (χ4v) is 4.14. The van der Waals surface area contributed by atoms with Crippen molar-refractivity contribution in [2.75, 3.05) is 63.9 Å². The summed E-state index contributed by atoms with van der Waals surface area (Å²) in [6.07, 6.45) is 1.86. The van der Waals surface area contributed by atoms with Crippen LogP contribution < -0.4 is 10.6 Å². The van der Waals surface area contributed by atoms with Crippen LogP contribution in [0.25, 0.3) is 0 Å². The molecule has 0 bridgehead atoms. The number of aromatic nitrogens is 1. The molecule has 148 valence electrons. The molecule has 2 aliphatic rings. The zero-order valence-electron chi connectivity index (χ0n) is 15.7. The summed E-state index contributed by atoms with van der Waals surface area (Å²) in [6, 6.07) is 0.430. The molecule has 0 aromatic carbocycles. The van der Waals surface area contributed by atoms with Crippen LogP contribution >= 0.6 is 35.3 Å². The van der Waals surface area contributed by atoms with Crippen LogP contribution in [0.4, 0.5) is 5.13 Å². The van der Waals surface area contributed by atoms with E-state index in [1.165, 1.54) is 0 Å². The fraction of sp³-hybridized carbons (Fsp3) is 0.765. The van der Waals surface area contributed by atoms with Gasteiger partial charge in [0.25, 0.3) is 0 Å². The van der Waals surface area contributed by atoms with Crippen LogP contribution in [0.1, 0.15) is 13.8 Å². The number of guanidine groups is 1. The molecule has 0 spiro atoms. The van der Waals surface area contributed by atoms with Crippen molar-refractivity contribution in [1.82, 2.24) is 14.8 Å². The smallest absolute Gasteiger partial charge is 0.191 e. The number of hydrogen-bond donors (Lipinski definition) is 1. The average Bonchev–Trinajstić information content (AvgIpc) is 3.17. The lowest BCUT2D eigenvalue weighted by atomic mass is 10.0. The highest BCUT2D eigenvalue weighted by Crippen LogP contribution is 2.19. The van der Waals surface area contributed by atoms with Crippen LogP contribution in [0, 0.1) is 5.92 Å². The van der Waals surface area contributed by atoms with Gasteiger partial charge in [0.2, 0.25) is 0 Å². The fourth-order valence-electron chi connectivity index (χ4n) is 3.44. The zero-order chi connectivity index (χ0) is 17.6. The Balaban J connectivity index is 0.00000243. The molecule has 9 heteroatoms. The van der Waals surface area contributed by atoms with Crippen LogP contribution in [0.3, 0.4) is 0 Å². The number of morpholine rings is 1. The van der Waals surface area contributed by atoms with E-state index in [2.05, 4.69) is 33.5 Å². The SMILES string of the molecule is CC(C)C(CN=C(N)N1CCN(c2nccs2)CC1)N1CCOCC1.I. The average molecular weight is 494 g/mol. The topological polar surface area (TPSA) is 70.2 Å². The molecule has 2 N–H and O–H groups in total. The van der Waals surface area contributed by atoms with Gasteiger partial charge in [-0.25, -0.2) is 4.98 Å². The monoisotopic (exact) mass is 494 g/mol. The van der Waals surface area contributed by atoms with Crippen LogP contribution in [0.5, 0.6) is 0 Å². The first-order valence-corrected chi connectivity index (χ1v) is 10.0. The molecule has 0 amide bonds. The van der Waals surface area contributed by atoms with Crippen molar-refractivity contribution >= 4 is 46.4 Å². The molecule has 2 saturated heterocycles. The predicted molar refractivity (Wildman–Crippen MR) is 119 cm³/mol. The zero-order valence-corrected chi connectivity index (χ0v) is 18.9. The first kappa shape index (κ1) is 21.6. The lowest BCUT2D eigenvalue weighted by Crippen LogP contribution is -2.52. The summed E-state index contributed by atoms with van der Waals surface area (Å²) in [5.74, 6) is 1.23. The minimum absolute atomic E-state index is 0. The number of anilines is 1. The van der Waals surface area contributed by atoms with E-state index >= 15 is 0 Å². The third kappa shape index (κ3) is 5.67. The minimum Gasteiger partial charge on any atom is -0.379 e. The third-order valence-electron chi connectivity index (χ3n) is 5.02. The van der Waals surface area contributed by atoms with Crippen LogP contribution in [-0.2, 0) is 4.74 Å². The number of piperazine rings is 1. The van der Waals surface area contributed by atoms with E-state index in [4.69, 9.17) is 15.5 Å². The van der Waals surface area contributed by atoms with Gasteiger partial charge >= 0.3 is 0 Å². The highest BCUT2D eigenvalue weighted by atomic mass is 127. The maximum absolute atomic E-state index is 6.29. The predicted octanol–water partition coefficient (Wildman–Crippen LogP) is 1.55. The summed E-state index contributed by atoms with van der Waals surface area (Å²) in [4.78, 5) is 16.1. The molecule has 1 unspecified atom stereocenters. The van der Waals surface area contributed by atoms with Crippen molar-refractivity contribution in [1.29, 1.82) is 0 Å². The van der Waals surface area contributed by atoms with Crippen molar-refractivity contribution in [3.8, 4) is 0 Å². The Bertz CT molecular complexity index is 541. The quantitative estimate of drug-likeness (QED) is 0.381. The lowest BCUT2D eigenvalue weighted by molar-refractivity contribution is 0.00864. The first-order chi connectivity index (χ1) is 12.1. The number of nitrogens with two attached hydrogens (primary N) is 1. The number of aliphatic imine (C=N–C) groups is 1. The van der Waals surface area contributed by atoms with Gasteiger partial charge < -0.3 is 20.3 Å². The van der Waals surface area contributed by atoms with Gasteiger partial charge in [-0.1, -0.05) is 13.8 Å². The number of rotatable bonds is 5. The van der Waals surface area contributed by atoms with Gasteiger partial charge in [0.15, 0.2) is 11.1 Å². The summed E-state index contributed by atoms with van der Waals surface area (Å²) in [5, 5.41) is 3.12. The molecular formula is C17H31IN6OS. The molecule has 3 rings (SSSR count). The lowest BCUT2D eigenvalue weighted by Gasteiger charge is -2.37. The molecule has 2 aliphatic heterocycles. The number of thiazole rings is 1. The Morgan fingerprint density at radius 1 is 1.23 bits per heavy atom. The molecule has 3 heterocycles. The Hall–Kier alpha value is -0.650. The van der Waals surface area contributed by atoms with Crippen LogP contribution in [-0.4, -0.2) is 85.8 Å². The summed E-state index contributed by atoms with van der Waals surface area (Å²) >= 11 is 1.69. The van der Waals surface area contributed by atoms with Crippen LogP contribution in [0.15, 0.2) is 16.6 Å². The maximum Gasteiger partial charge on any atom is 0.191 e. The molecule has 0 radical (unpaired) electrons. The molecule has 0 aliphatic carbocycles. The Kier molecular flexibility index (Phi) is 8.85. The molecule has 0 saturated carbocycles. The summed E-state index contributed by atoms with van der Waals surface area (Å²) in [7, 11) is 0. The van der Waals surface area contributed by atoms with Gasteiger partial charge in [0, 0.05) is 56.9 Å². The first-order valence-electron chi connectivity index (χ1n) is 9.16. The van der Waals surface area contributed by atoms with Gasteiger partial charge in [0.05, 0.1) is 19.8 Å². The van der Waals surface area contributed by atoms with Crippen molar-refractivity contribution in [3.63, 3.8) is 0 Å². The van der Waals surface area contributed by atoms with Crippen molar-refractivity contribution < 1.29 is 4.74 Å². The molecule has 7 nitrogen and oxygen atoms in total. The highest BCUT2D eigenvalue weighted by molar-refractivity contribution is 14.0. The van der Waals surface area contributed by atoms with Crippen LogP contribution in [0.2, 0.25) is 0 Å².